The van der Waals surface area contributed by atoms with Crippen LogP contribution in [-0.4, -0.2) is 20.5 Å². The molecule has 1 aliphatic heterocycles. The molecule has 0 spiro atoms. The first-order chi connectivity index (χ1) is 9.49. The molecule has 5 nitrogen and oxygen atoms in total. The summed E-state index contributed by atoms with van der Waals surface area (Å²) in [5, 5.41) is 17.9. The predicted octanol–water partition coefficient (Wildman–Crippen LogP) is 2.57. The van der Waals surface area contributed by atoms with Gasteiger partial charge >= 0.3 is 0 Å². The van der Waals surface area contributed by atoms with Crippen LogP contribution in [0.15, 0.2) is 27.7 Å². The van der Waals surface area contributed by atoms with Gasteiger partial charge in [0.2, 0.25) is 11.5 Å². The van der Waals surface area contributed by atoms with Gasteiger partial charge in [0.1, 0.15) is 5.69 Å². The molecule has 0 aliphatic carbocycles. The minimum atomic E-state index is 0.0731. The van der Waals surface area contributed by atoms with Gasteiger partial charge in [0.15, 0.2) is 0 Å². The third kappa shape index (κ3) is 1.84. The van der Waals surface area contributed by atoms with Crippen LogP contribution in [0.3, 0.4) is 0 Å². The van der Waals surface area contributed by atoms with Crippen molar-refractivity contribution in [1.29, 1.82) is 5.41 Å². The van der Waals surface area contributed by atoms with E-state index in [1.165, 1.54) is 4.57 Å². The Kier molecular flexibility index (Phi) is 2.90. The summed E-state index contributed by atoms with van der Waals surface area (Å²) in [6.07, 6.45) is 3.61. The first kappa shape index (κ1) is 12.9. The Morgan fingerprint density at radius 3 is 2.70 bits per heavy atom. The Balaban J connectivity index is 2.16. The van der Waals surface area contributed by atoms with Gasteiger partial charge in [-0.3, -0.25) is 15.0 Å². The number of allylic oxidation sites excluding steroid dienone is 1. The van der Waals surface area contributed by atoms with Gasteiger partial charge in [-0.25, -0.2) is 0 Å². The van der Waals surface area contributed by atoms with Gasteiger partial charge in [-0.2, -0.15) is 0 Å². The second-order valence-corrected chi connectivity index (χ2v) is 5.59. The Bertz CT molecular complexity index is 826. The van der Waals surface area contributed by atoms with Crippen LogP contribution in [0.4, 0.5) is 5.69 Å². The summed E-state index contributed by atoms with van der Waals surface area (Å²) in [6.45, 7) is 0. The quantitative estimate of drug-likeness (QED) is 0.828. The fraction of sp³-hybridized carbons (Fsp3) is 0.143. The maximum Gasteiger partial charge on any atom is 0.218 e. The molecule has 0 unspecified atom stereocenters. The van der Waals surface area contributed by atoms with Crippen molar-refractivity contribution in [2.45, 2.75) is 0 Å². The third-order valence-electron chi connectivity index (χ3n) is 3.45. The molecule has 0 saturated carbocycles. The zero-order chi connectivity index (χ0) is 14.4. The highest BCUT2D eigenvalue weighted by atomic mass is 79.9. The van der Waals surface area contributed by atoms with Crippen LogP contribution in [0, 0.1) is 5.41 Å². The summed E-state index contributed by atoms with van der Waals surface area (Å²) in [5.41, 5.74) is 3.66. The molecule has 20 heavy (non-hydrogen) atoms. The molecule has 2 N–H and O–H groups in total. The van der Waals surface area contributed by atoms with E-state index in [0.29, 0.717) is 5.69 Å². The van der Waals surface area contributed by atoms with E-state index in [2.05, 4.69) is 20.9 Å². The normalized spacial score (nSPS) is 15.1. The summed E-state index contributed by atoms with van der Waals surface area (Å²) >= 11 is 3.42. The largest absolute Gasteiger partial charge is 0.493 e. The first-order valence-corrected chi connectivity index (χ1v) is 6.83. The van der Waals surface area contributed by atoms with Crippen LogP contribution in [0.5, 0.6) is 5.88 Å². The molecule has 3 rings (SSSR count). The Hall–Kier alpha value is -2.08. The number of hydrogen-bond donors (Lipinski definition) is 2. The third-order valence-corrected chi connectivity index (χ3v) is 3.94. The molecule has 2 heterocycles. The summed E-state index contributed by atoms with van der Waals surface area (Å²) in [4.78, 5) is 4.36. The Labute approximate surface area is 124 Å². The summed E-state index contributed by atoms with van der Waals surface area (Å²) < 4.78 is 4.05. The SMILES string of the molecule is Cn1c(O)c(C=C2C=Nc3cc(Br)ccc32)n(C)c1=N. The standard InChI is InChI=1S/C14H13BrN4O/c1-18-12(13(20)19(2)14(18)16)5-8-7-17-11-6-9(15)3-4-10(8)11/h3-7,16,20H,1-2H3. The van der Waals surface area contributed by atoms with Crippen molar-refractivity contribution in [3.05, 3.63) is 39.5 Å². The van der Waals surface area contributed by atoms with Gasteiger partial charge in [0.25, 0.3) is 0 Å². The maximum absolute atomic E-state index is 10.1. The number of aliphatic imine (C=N–C) groups is 1. The predicted molar refractivity (Wildman–Crippen MR) is 82.1 cm³/mol. The van der Waals surface area contributed by atoms with Crippen molar-refractivity contribution in [3.8, 4) is 5.88 Å². The average molecular weight is 333 g/mol. The molecule has 2 aromatic rings. The highest BCUT2D eigenvalue weighted by Crippen LogP contribution is 2.35. The number of nitrogens with zero attached hydrogens (tertiary/aromatic N) is 3. The van der Waals surface area contributed by atoms with E-state index >= 15 is 0 Å². The molecule has 0 amide bonds. The molecule has 1 aliphatic rings. The number of hydrogen-bond acceptors (Lipinski definition) is 3. The zero-order valence-electron chi connectivity index (χ0n) is 11.1. The van der Waals surface area contributed by atoms with E-state index in [4.69, 9.17) is 5.41 Å². The molecule has 0 bridgehead atoms. The zero-order valence-corrected chi connectivity index (χ0v) is 12.6. The number of nitrogens with one attached hydrogen (secondary N) is 1. The molecule has 102 valence electrons. The van der Waals surface area contributed by atoms with Crippen LogP contribution < -0.4 is 5.62 Å². The fourth-order valence-electron chi connectivity index (χ4n) is 2.25. The number of aromatic nitrogens is 2. The highest BCUT2D eigenvalue weighted by molar-refractivity contribution is 9.10. The Morgan fingerprint density at radius 1 is 1.30 bits per heavy atom. The monoisotopic (exact) mass is 332 g/mol. The van der Waals surface area contributed by atoms with E-state index < -0.39 is 0 Å². The number of aromatic hydroxyl groups is 1. The lowest BCUT2D eigenvalue weighted by molar-refractivity contribution is 0.427. The summed E-state index contributed by atoms with van der Waals surface area (Å²) in [5.74, 6) is 0.0731. The van der Waals surface area contributed by atoms with E-state index in [-0.39, 0.29) is 11.5 Å². The first-order valence-electron chi connectivity index (χ1n) is 6.04. The molecule has 0 fully saturated rings. The van der Waals surface area contributed by atoms with Crippen molar-refractivity contribution in [1.82, 2.24) is 9.13 Å². The molecule has 6 heteroatoms. The number of fused-ring (bicyclic) bond motifs is 1. The van der Waals surface area contributed by atoms with E-state index in [9.17, 15) is 5.11 Å². The van der Waals surface area contributed by atoms with Gasteiger partial charge in [0, 0.05) is 35.9 Å². The van der Waals surface area contributed by atoms with Crippen LogP contribution in [0.2, 0.25) is 0 Å². The second-order valence-electron chi connectivity index (χ2n) is 4.67. The number of benzene rings is 1. The molecule has 0 saturated heterocycles. The topological polar surface area (TPSA) is 66.3 Å². The van der Waals surface area contributed by atoms with Crippen molar-refractivity contribution >= 4 is 39.5 Å². The molecule has 0 atom stereocenters. The van der Waals surface area contributed by atoms with E-state index in [1.807, 2.05) is 24.3 Å². The minimum Gasteiger partial charge on any atom is -0.493 e. The summed E-state index contributed by atoms with van der Waals surface area (Å²) in [7, 11) is 3.41. The summed E-state index contributed by atoms with van der Waals surface area (Å²) in [6, 6.07) is 5.90. The number of rotatable bonds is 1. The van der Waals surface area contributed by atoms with Crippen LogP contribution in [0.25, 0.3) is 11.6 Å². The Morgan fingerprint density at radius 2 is 2.05 bits per heavy atom. The van der Waals surface area contributed by atoms with Gasteiger partial charge in [-0.1, -0.05) is 22.0 Å². The molecular formula is C14H13BrN4O. The van der Waals surface area contributed by atoms with Gasteiger partial charge in [-0.05, 0) is 18.2 Å². The lowest BCUT2D eigenvalue weighted by Crippen LogP contribution is -2.20. The number of halogens is 1. The minimum absolute atomic E-state index is 0.0731. The van der Waals surface area contributed by atoms with Crippen molar-refractivity contribution < 1.29 is 5.11 Å². The molecule has 0 radical (unpaired) electrons. The lowest BCUT2D eigenvalue weighted by atomic mass is 10.1. The smallest absolute Gasteiger partial charge is 0.218 e. The lowest BCUT2D eigenvalue weighted by Gasteiger charge is -2.01. The van der Waals surface area contributed by atoms with Gasteiger partial charge in [-0.15, -0.1) is 0 Å². The van der Waals surface area contributed by atoms with Crippen molar-refractivity contribution in [2.75, 3.05) is 0 Å². The molecule has 1 aromatic heterocycles. The van der Waals surface area contributed by atoms with E-state index in [1.54, 1.807) is 24.9 Å². The van der Waals surface area contributed by atoms with E-state index in [0.717, 1.165) is 21.3 Å². The van der Waals surface area contributed by atoms with Gasteiger partial charge in [0.05, 0.1) is 5.69 Å². The maximum atomic E-state index is 10.1. The van der Waals surface area contributed by atoms with Crippen LogP contribution in [0.1, 0.15) is 11.3 Å². The fourth-order valence-corrected chi connectivity index (χ4v) is 2.60. The average Bonchev–Trinajstić information content (AvgIpc) is 2.90. The van der Waals surface area contributed by atoms with Crippen molar-refractivity contribution in [2.24, 2.45) is 19.1 Å². The highest BCUT2D eigenvalue weighted by Gasteiger charge is 2.16. The number of imidazole rings is 1. The van der Waals surface area contributed by atoms with Gasteiger partial charge < -0.3 is 9.67 Å². The molecule has 1 aromatic carbocycles. The van der Waals surface area contributed by atoms with Crippen molar-refractivity contribution in [3.63, 3.8) is 0 Å². The second kappa shape index (κ2) is 4.49. The molecular weight excluding hydrogens is 320 g/mol. The van der Waals surface area contributed by atoms with Crippen LogP contribution in [-0.2, 0) is 14.1 Å². The van der Waals surface area contributed by atoms with Crippen LogP contribution >= 0.6 is 15.9 Å².